The van der Waals surface area contributed by atoms with Crippen LogP contribution in [0.1, 0.15) is 50.8 Å². The van der Waals surface area contributed by atoms with E-state index in [4.69, 9.17) is 0 Å². The van der Waals surface area contributed by atoms with Gasteiger partial charge in [0.1, 0.15) is 18.0 Å². The molecule has 2 heterocycles. The predicted molar refractivity (Wildman–Crippen MR) is 82.1 cm³/mol. The van der Waals surface area contributed by atoms with Crippen molar-refractivity contribution in [3.05, 3.63) is 26.7 Å². The fourth-order valence-electron chi connectivity index (χ4n) is 3.28. The number of halogens is 1. The number of hydrogen-bond acceptors (Lipinski definition) is 3. The molecular weight excluding hydrogens is 287 g/mol. The molecule has 1 aliphatic rings. The van der Waals surface area contributed by atoms with Crippen molar-refractivity contribution in [2.45, 2.75) is 58.0 Å². The summed E-state index contributed by atoms with van der Waals surface area (Å²) in [6, 6.07) is 0. The normalized spacial score (nSPS) is 15.9. The summed E-state index contributed by atoms with van der Waals surface area (Å²) in [6.07, 6.45) is 5.05. The van der Waals surface area contributed by atoms with Crippen LogP contribution in [0, 0.1) is 0 Å². The Hall–Kier alpha value is -1.92. The first-order valence-corrected chi connectivity index (χ1v) is 7.96. The number of nitrogens with one attached hydrogen (secondary N) is 1. The number of hydrogen-bond donors (Lipinski definition) is 1. The van der Waals surface area contributed by atoms with Crippen LogP contribution in [0.25, 0.3) is 11.2 Å². The standard InChI is InChI=1S/C15H21FN4O2/c1-2-8-20-14(21)11-13(19(9-7-16)15(20)22)18-12(17-11)10-5-3-4-6-10/h10H,2-9H2,1H3,(H,17,18). The SMILES string of the molecule is CCCn1c(=O)c2[nH]c(C3CCCC3)nc2n(CCF)c1=O. The number of fused-ring (bicyclic) bond motifs is 1. The molecule has 0 unspecified atom stereocenters. The molecular formula is C15H21FN4O2. The third kappa shape index (κ3) is 2.38. The van der Waals surface area contributed by atoms with E-state index in [-0.39, 0.29) is 12.1 Å². The molecule has 1 fully saturated rings. The molecule has 120 valence electrons. The fraction of sp³-hybridized carbons (Fsp3) is 0.667. The summed E-state index contributed by atoms with van der Waals surface area (Å²) in [5.41, 5.74) is -0.208. The molecule has 3 rings (SSSR count). The molecule has 0 saturated heterocycles. The van der Waals surface area contributed by atoms with E-state index < -0.39 is 12.4 Å². The van der Waals surface area contributed by atoms with E-state index in [1.165, 1.54) is 9.13 Å². The summed E-state index contributed by atoms with van der Waals surface area (Å²) in [5.74, 6) is 1.06. The molecule has 1 aliphatic carbocycles. The zero-order chi connectivity index (χ0) is 15.7. The van der Waals surface area contributed by atoms with Gasteiger partial charge >= 0.3 is 5.69 Å². The van der Waals surface area contributed by atoms with Gasteiger partial charge in [-0.05, 0) is 19.3 Å². The largest absolute Gasteiger partial charge is 0.336 e. The first-order valence-electron chi connectivity index (χ1n) is 7.96. The minimum absolute atomic E-state index is 0.0751. The zero-order valence-electron chi connectivity index (χ0n) is 12.8. The molecule has 0 amide bonds. The van der Waals surface area contributed by atoms with Crippen LogP contribution in [0.3, 0.4) is 0 Å². The Labute approximate surface area is 127 Å². The van der Waals surface area contributed by atoms with Crippen LogP contribution in [0.5, 0.6) is 0 Å². The highest BCUT2D eigenvalue weighted by atomic mass is 19.1. The minimum Gasteiger partial charge on any atom is -0.336 e. The Morgan fingerprint density at radius 3 is 2.59 bits per heavy atom. The number of aromatic nitrogens is 4. The number of nitrogens with zero attached hydrogens (tertiary/aromatic N) is 3. The Kier molecular flexibility index (Phi) is 4.13. The topological polar surface area (TPSA) is 72.7 Å². The average molecular weight is 308 g/mol. The molecule has 0 aromatic carbocycles. The van der Waals surface area contributed by atoms with Crippen molar-refractivity contribution in [2.24, 2.45) is 0 Å². The molecule has 0 spiro atoms. The number of alkyl halides is 1. The van der Waals surface area contributed by atoms with E-state index in [0.717, 1.165) is 31.5 Å². The van der Waals surface area contributed by atoms with Gasteiger partial charge in [0, 0.05) is 12.5 Å². The summed E-state index contributed by atoms with van der Waals surface area (Å²) >= 11 is 0. The maximum atomic E-state index is 12.8. The Bertz CT molecular complexity index is 783. The first-order chi connectivity index (χ1) is 10.7. The number of aryl methyl sites for hydroxylation is 1. The van der Waals surface area contributed by atoms with Crippen LogP contribution < -0.4 is 11.2 Å². The number of imidazole rings is 1. The van der Waals surface area contributed by atoms with Crippen molar-refractivity contribution in [1.29, 1.82) is 0 Å². The monoisotopic (exact) mass is 308 g/mol. The quantitative estimate of drug-likeness (QED) is 0.917. The Morgan fingerprint density at radius 1 is 1.23 bits per heavy atom. The lowest BCUT2D eigenvalue weighted by Gasteiger charge is -2.08. The second-order valence-electron chi connectivity index (χ2n) is 5.88. The molecule has 2 aromatic heterocycles. The van der Waals surface area contributed by atoms with Crippen LogP contribution in [0.4, 0.5) is 4.39 Å². The second kappa shape index (κ2) is 6.06. The van der Waals surface area contributed by atoms with Crippen molar-refractivity contribution in [3.63, 3.8) is 0 Å². The summed E-state index contributed by atoms with van der Waals surface area (Å²) < 4.78 is 15.3. The van der Waals surface area contributed by atoms with Crippen LogP contribution in [-0.4, -0.2) is 25.8 Å². The maximum absolute atomic E-state index is 12.8. The van der Waals surface area contributed by atoms with Gasteiger partial charge in [0.05, 0.1) is 6.54 Å². The van der Waals surface area contributed by atoms with Gasteiger partial charge in [-0.25, -0.2) is 14.2 Å². The molecule has 1 saturated carbocycles. The van der Waals surface area contributed by atoms with E-state index in [1.807, 2.05) is 6.92 Å². The molecule has 0 aliphatic heterocycles. The first kappa shape index (κ1) is 15.0. The van der Waals surface area contributed by atoms with Crippen LogP contribution >= 0.6 is 0 Å². The van der Waals surface area contributed by atoms with E-state index in [0.29, 0.717) is 30.0 Å². The third-order valence-corrected chi connectivity index (χ3v) is 4.38. The summed E-state index contributed by atoms with van der Waals surface area (Å²) in [4.78, 5) is 32.5. The van der Waals surface area contributed by atoms with Crippen molar-refractivity contribution in [1.82, 2.24) is 19.1 Å². The fourth-order valence-corrected chi connectivity index (χ4v) is 3.28. The lowest BCUT2D eigenvalue weighted by atomic mass is 10.1. The molecule has 7 heteroatoms. The van der Waals surface area contributed by atoms with Gasteiger partial charge in [0.2, 0.25) is 0 Å². The van der Waals surface area contributed by atoms with Crippen LogP contribution in [0.2, 0.25) is 0 Å². The molecule has 0 radical (unpaired) electrons. The number of H-pyrrole nitrogens is 1. The molecule has 0 atom stereocenters. The highest BCUT2D eigenvalue weighted by molar-refractivity contribution is 5.70. The van der Waals surface area contributed by atoms with Gasteiger partial charge in [-0.1, -0.05) is 19.8 Å². The molecule has 1 N–H and O–H groups in total. The van der Waals surface area contributed by atoms with E-state index in [9.17, 15) is 14.0 Å². The summed E-state index contributed by atoms with van der Waals surface area (Å²) in [6.45, 7) is 1.49. The van der Waals surface area contributed by atoms with E-state index in [2.05, 4.69) is 9.97 Å². The van der Waals surface area contributed by atoms with Gasteiger partial charge in [-0.3, -0.25) is 13.9 Å². The summed E-state index contributed by atoms with van der Waals surface area (Å²) in [7, 11) is 0. The van der Waals surface area contributed by atoms with Gasteiger partial charge in [0.25, 0.3) is 5.56 Å². The minimum atomic E-state index is -0.662. The Morgan fingerprint density at radius 2 is 1.95 bits per heavy atom. The average Bonchev–Trinajstić information content (AvgIpc) is 3.16. The highest BCUT2D eigenvalue weighted by Crippen LogP contribution is 2.32. The van der Waals surface area contributed by atoms with Gasteiger partial charge in [-0.2, -0.15) is 0 Å². The van der Waals surface area contributed by atoms with Gasteiger partial charge in [-0.15, -0.1) is 0 Å². The predicted octanol–water partition coefficient (Wildman–Crippen LogP) is 1.92. The maximum Gasteiger partial charge on any atom is 0.332 e. The van der Waals surface area contributed by atoms with Crippen molar-refractivity contribution >= 4 is 11.2 Å². The molecule has 22 heavy (non-hydrogen) atoms. The van der Waals surface area contributed by atoms with E-state index in [1.54, 1.807) is 0 Å². The second-order valence-corrected chi connectivity index (χ2v) is 5.88. The summed E-state index contributed by atoms with van der Waals surface area (Å²) in [5, 5.41) is 0. The van der Waals surface area contributed by atoms with Gasteiger partial charge < -0.3 is 4.98 Å². The lowest BCUT2D eigenvalue weighted by Crippen LogP contribution is -2.40. The Balaban J connectivity index is 2.23. The van der Waals surface area contributed by atoms with Crippen molar-refractivity contribution in [3.8, 4) is 0 Å². The number of aromatic amines is 1. The third-order valence-electron chi connectivity index (χ3n) is 4.38. The number of rotatable bonds is 5. The van der Waals surface area contributed by atoms with Crippen LogP contribution in [-0.2, 0) is 13.1 Å². The zero-order valence-corrected chi connectivity index (χ0v) is 12.8. The highest BCUT2D eigenvalue weighted by Gasteiger charge is 2.23. The van der Waals surface area contributed by atoms with Crippen LogP contribution in [0.15, 0.2) is 9.59 Å². The van der Waals surface area contributed by atoms with Crippen molar-refractivity contribution in [2.75, 3.05) is 6.67 Å². The van der Waals surface area contributed by atoms with E-state index >= 15 is 0 Å². The molecule has 2 aromatic rings. The van der Waals surface area contributed by atoms with Crippen molar-refractivity contribution < 1.29 is 4.39 Å². The lowest BCUT2D eigenvalue weighted by molar-refractivity contribution is 0.432. The smallest absolute Gasteiger partial charge is 0.332 e. The molecule has 6 nitrogen and oxygen atoms in total. The van der Waals surface area contributed by atoms with Gasteiger partial charge in [0.15, 0.2) is 5.65 Å². The molecule has 0 bridgehead atoms.